The fraction of sp³-hybridized carbons (Fsp3) is 0.429. The number of imidazole rings is 1. The Bertz CT molecular complexity index is 1040. The molecular weight excluding hydrogens is 388 g/mol. The Balaban J connectivity index is 1.89. The van der Waals surface area contributed by atoms with Gasteiger partial charge in [-0.1, -0.05) is 49.3 Å². The molecule has 29 heavy (non-hydrogen) atoms. The Kier molecular flexibility index (Phi) is 6.54. The zero-order chi connectivity index (χ0) is 21.0. The van der Waals surface area contributed by atoms with Crippen LogP contribution < -0.4 is 0 Å². The van der Waals surface area contributed by atoms with Gasteiger partial charge in [-0.05, 0) is 25.5 Å². The third-order valence-electron chi connectivity index (χ3n) is 4.45. The lowest BCUT2D eigenvalue weighted by Crippen LogP contribution is -2.22. The van der Waals surface area contributed by atoms with E-state index in [1.165, 1.54) is 0 Å². The molecule has 8 heteroatoms. The maximum atomic E-state index is 12.9. The zero-order valence-corrected chi connectivity index (χ0v) is 18.2. The van der Waals surface area contributed by atoms with Crippen LogP contribution in [0, 0.1) is 12.8 Å². The molecule has 2 heterocycles. The summed E-state index contributed by atoms with van der Waals surface area (Å²) in [6, 6.07) is 11.7. The molecule has 0 fully saturated rings. The number of hydrogen-bond acceptors (Lipinski definition) is 6. The van der Waals surface area contributed by atoms with Gasteiger partial charge in [-0.2, -0.15) is 0 Å². The second-order valence-electron chi connectivity index (χ2n) is 7.89. The minimum Gasteiger partial charge on any atom is -0.360 e. The Morgan fingerprint density at radius 2 is 1.90 bits per heavy atom. The Hall–Kier alpha value is -2.45. The molecule has 0 atom stereocenters. The summed E-state index contributed by atoms with van der Waals surface area (Å²) < 4.78 is 33.0. The van der Waals surface area contributed by atoms with Crippen LogP contribution in [-0.2, 0) is 29.5 Å². The minimum atomic E-state index is -3.48. The van der Waals surface area contributed by atoms with E-state index in [0.717, 1.165) is 22.7 Å². The van der Waals surface area contributed by atoms with Gasteiger partial charge in [0.15, 0.2) is 5.76 Å². The Labute approximate surface area is 172 Å². The number of benzene rings is 1. The molecule has 0 radical (unpaired) electrons. The molecule has 0 bridgehead atoms. The minimum absolute atomic E-state index is 0.0303. The van der Waals surface area contributed by atoms with Crippen molar-refractivity contribution in [3.8, 4) is 0 Å². The van der Waals surface area contributed by atoms with E-state index in [9.17, 15) is 8.42 Å². The van der Waals surface area contributed by atoms with E-state index in [-0.39, 0.29) is 16.8 Å². The van der Waals surface area contributed by atoms with Crippen molar-refractivity contribution >= 4 is 9.84 Å². The van der Waals surface area contributed by atoms with Crippen molar-refractivity contribution in [3.63, 3.8) is 0 Å². The Morgan fingerprint density at radius 3 is 2.52 bits per heavy atom. The van der Waals surface area contributed by atoms with Crippen LogP contribution in [0.4, 0.5) is 0 Å². The molecule has 2 aromatic heterocycles. The summed E-state index contributed by atoms with van der Waals surface area (Å²) in [7, 11) is -1.52. The number of aromatic nitrogens is 3. The first-order valence-corrected chi connectivity index (χ1v) is 11.3. The SMILES string of the molecule is Cc1cc(CN(C)Cc2cnc(S(=O)(=O)CC(C)C)n2Cc2ccccc2)on1. The largest absolute Gasteiger partial charge is 0.360 e. The molecule has 0 N–H and O–H groups in total. The highest BCUT2D eigenvalue weighted by molar-refractivity contribution is 7.91. The summed E-state index contributed by atoms with van der Waals surface area (Å²) in [6.45, 7) is 7.25. The van der Waals surface area contributed by atoms with Gasteiger partial charge in [0.05, 0.1) is 36.4 Å². The topological polar surface area (TPSA) is 81.2 Å². The van der Waals surface area contributed by atoms with Gasteiger partial charge in [-0.25, -0.2) is 13.4 Å². The molecule has 0 aliphatic rings. The van der Waals surface area contributed by atoms with Crippen LogP contribution in [0.3, 0.4) is 0 Å². The third kappa shape index (κ3) is 5.55. The van der Waals surface area contributed by atoms with Crippen LogP contribution in [-0.4, -0.2) is 40.8 Å². The molecule has 0 unspecified atom stereocenters. The second kappa shape index (κ2) is 8.92. The average Bonchev–Trinajstić information content (AvgIpc) is 3.21. The standard InChI is InChI=1S/C21H28N4O3S/c1-16(2)15-29(26,27)21-22-11-19(25(21)12-18-8-6-5-7-9-18)13-24(4)14-20-10-17(3)23-28-20/h5-11,16H,12-15H2,1-4H3. The molecule has 0 spiro atoms. The monoisotopic (exact) mass is 416 g/mol. The fourth-order valence-electron chi connectivity index (χ4n) is 3.30. The van der Waals surface area contributed by atoms with Gasteiger partial charge in [0.1, 0.15) is 0 Å². The summed E-state index contributed by atoms with van der Waals surface area (Å²) in [5.41, 5.74) is 2.71. The van der Waals surface area contributed by atoms with E-state index < -0.39 is 9.84 Å². The highest BCUT2D eigenvalue weighted by Crippen LogP contribution is 2.19. The van der Waals surface area contributed by atoms with Gasteiger partial charge in [-0.3, -0.25) is 4.90 Å². The fourth-order valence-corrected chi connectivity index (χ4v) is 5.06. The smallest absolute Gasteiger partial charge is 0.228 e. The Morgan fingerprint density at radius 1 is 1.17 bits per heavy atom. The summed E-state index contributed by atoms with van der Waals surface area (Å²) in [5.74, 6) is 0.875. The van der Waals surface area contributed by atoms with Crippen molar-refractivity contribution in [1.29, 1.82) is 0 Å². The number of sulfone groups is 1. The molecule has 3 aromatic rings. The van der Waals surface area contributed by atoms with Gasteiger partial charge < -0.3 is 9.09 Å². The van der Waals surface area contributed by atoms with E-state index in [2.05, 4.69) is 15.0 Å². The van der Waals surface area contributed by atoms with Gasteiger partial charge in [-0.15, -0.1) is 0 Å². The van der Waals surface area contributed by atoms with Gasteiger partial charge in [0.2, 0.25) is 15.0 Å². The van der Waals surface area contributed by atoms with Crippen LogP contribution in [0.15, 0.2) is 52.3 Å². The summed E-state index contributed by atoms with van der Waals surface area (Å²) in [4.78, 5) is 6.37. The van der Waals surface area contributed by atoms with E-state index in [4.69, 9.17) is 4.52 Å². The van der Waals surface area contributed by atoms with Gasteiger partial charge in [0.25, 0.3) is 0 Å². The van der Waals surface area contributed by atoms with Crippen LogP contribution in [0.5, 0.6) is 0 Å². The van der Waals surface area contributed by atoms with Crippen LogP contribution in [0.1, 0.15) is 36.6 Å². The highest BCUT2D eigenvalue weighted by atomic mass is 32.2. The first-order valence-electron chi connectivity index (χ1n) is 9.66. The predicted molar refractivity (Wildman–Crippen MR) is 111 cm³/mol. The van der Waals surface area contributed by atoms with Crippen LogP contribution in [0.2, 0.25) is 0 Å². The summed E-state index contributed by atoms with van der Waals surface area (Å²) in [5, 5.41) is 4.05. The normalized spacial score (nSPS) is 12.2. The summed E-state index contributed by atoms with van der Waals surface area (Å²) >= 11 is 0. The van der Waals surface area contributed by atoms with Crippen LogP contribution in [0.25, 0.3) is 0 Å². The number of hydrogen-bond donors (Lipinski definition) is 0. The van der Waals surface area contributed by atoms with E-state index >= 15 is 0 Å². The molecule has 0 aliphatic heterocycles. The molecular formula is C21H28N4O3S. The van der Waals surface area contributed by atoms with Crippen molar-refractivity contribution < 1.29 is 12.9 Å². The van der Waals surface area contributed by atoms with E-state index in [1.54, 1.807) is 6.20 Å². The quantitative estimate of drug-likeness (QED) is 0.532. The molecule has 7 nitrogen and oxygen atoms in total. The molecule has 156 valence electrons. The average molecular weight is 417 g/mol. The van der Waals surface area contributed by atoms with E-state index in [1.807, 2.05) is 68.8 Å². The molecule has 1 aromatic carbocycles. The number of aryl methyl sites for hydroxylation is 1. The maximum absolute atomic E-state index is 12.9. The molecule has 0 saturated carbocycles. The third-order valence-corrected chi connectivity index (χ3v) is 6.44. The molecule has 0 amide bonds. The van der Waals surface area contributed by atoms with Crippen molar-refractivity contribution in [2.75, 3.05) is 12.8 Å². The number of rotatable bonds is 9. The first kappa shape index (κ1) is 21.3. The molecule has 0 aliphatic carbocycles. The van der Waals surface area contributed by atoms with E-state index in [0.29, 0.717) is 19.6 Å². The zero-order valence-electron chi connectivity index (χ0n) is 17.4. The van der Waals surface area contributed by atoms with Crippen molar-refractivity contribution in [2.45, 2.75) is 45.6 Å². The van der Waals surface area contributed by atoms with Crippen molar-refractivity contribution in [1.82, 2.24) is 19.6 Å². The molecule has 3 rings (SSSR count). The lowest BCUT2D eigenvalue weighted by Gasteiger charge is -2.18. The van der Waals surface area contributed by atoms with Crippen LogP contribution >= 0.6 is 0 Å². The lowest BCUT2D eigenvalue weighted by atomic mass is 10.2. The van der Waals surface area contributed by atoms with Crippen molar-refractivity contribution in [3.05, 3.63) is 65.3 Å². The molecule has 0 saturated heterocycles. The first-order chi connectivity index (χ1) is 13.7. The predicted octanol–water partition coefficient (Wildman–Crippen LogP) is 3.29. The van der Waals surface area contributed by atoms with Crippen molar-refractivity contribution in [2.24, 2.45) is 5.92 Å². The summed E-state index contributed by atoms with van der Waals surface area (Å²) in [6.07, 6.45) is 1.66. The number of nitrogens with zero attached hydrogens (tertiary/aromatic N) is 4. The highest BCUT2D eigenvalue weighted by Gasteiger charge is 2.25. The van der Waals surface area contributed by atoms with Gasteiger partial charge >= 0.3 is 0 Å². The van der Waals surface area contributed by atoms with Gasteiger partial charge in [0, 0.05) is 12.6 Å². The maximum Gasteiger partial charge on any atom is 0.228 e. The lowest BCUT2D eigenvalue weighted by molar-refractivity contribution is 0.260. The second-order valence-corrected chi connectivity index (χ2v) is 9.81.